The molecule has 1 aliphatic heterocycles. The molecule has 0 radical (unpaired) electrons. The van der Waals surface area contributed by atoms with Crippen LogP contribution in [0, 0.1) is 0 Å². The minimum Gasteiger partial charge on any atom is -0.467 e. The Bertz CT molecular complexity index is 1350. The number of sulfonamides is 2. The summed E-state index contributed by atoms with van der Waals surface area (Å²) in [6.45, 7) is 1.55. The average Bonchev–Trinajstić information content (AvgIpc) is 3.44. The second-order valence-electron chi connectivity index (χ2n) is 7.10. The molecular formula is C21H20ClN3O5S2. The van der Waals surface area contributed by atoms with Gasteiger partial charge in [0.2, 0.25) is 10.0 Å². The van der Waals surface area contributed by atoms with E-state index < -0.39 is 26.1 Å². The van der Waals surface area contributed by atoms with E-state index in [9.17, 15) is 16.8 Å². The molecule has 0 amide bonds. The van der Waals surface area contributed by atoms with Crippen molar-refractivity contribution in [1.82, 2.24) is 4.41 Å². The molecule has 1 aliphatic rings. The van der Waals surface area contributed by atoms with Crippen molar-refractivity contribution in [2.24, 2.45) is 5.10 Å². The predicted octanol–water partition coefficient (Wildman–Crippen LogP) is 4.23. The Labute approximate surface area is 191 Å². The summed E-state index contributed by atoms with van der Waals surface area (Å²) in [5.41, 5.74) is 1.62. The summed E-state index contributed by atoms with van der Waals surface area (Å²) >= 11 is 6.00. The highest BCUT2D eigenvalue weighted by atomic mass is 35.5. The molecule has 3 aromatic rings. The van der Waals surface area contributed by atoms with Crippen LogP contribution < -0.4 is 4.72 Å². The Morgan fingerprint density at radius 3 is 2.47 bits per heavy atom. The maximum atomic E-state index is 13.4. The largest absolute Gasteiger partial charge is 0.467 e. The van der Waals surface area contributed by atoms with Crippen LogP contribution in [0.2, 0.25) is 5.02 Å². The number of anilines is 1. The van der Waals surface area contributed by atoms with Gasteiger partial charge in [0.05, 0.1) is 22.6 Å². The maximum absolute atomic E-state index is 13.4. The molecule has 11 heteroatoms. The first-order valence-corrected chi connectivity index (χ1v) is 13.2. The first-order valence-electron chi connectivity index (χ1n) is 9.71. The second-order valence-corrected chi connectivity index (χ2v) is 11.3. The molecule has 8 nitrogen and oxygen atoms in total. The van der Waals surface area contributed by atoms with Gasteiger partial charge in [-0.1, -0.05) is 29.8 Å². The summed E-state index contributed by atoms with van der Waals surface area (Å²) in [6.07, 6.45) is 1.76. The van der Waals surface area contributed by atoms with Crippen molar-refractivity contribution in [2.75, 3.05) is 10.5 Å². The van der Waals surface area contributed by atoms with Crippen LogP contribution in [0.3, 0.4) is 0 Å². The Hall–Kier alpha value is -2.82. The smallest absolute Gasteiger partial charge is 0.279 e. The van der Waals surface area contributed by atoms with Gasteiger partial charge in [0, 0.05) is 17.1 Å². The molecule has 1 N–H and O–H groups in total. The second kappa shape index (κ2) is 8.61. The Kier molecular flexibility index (Phi) is 6.02. The van der Waals surface area contributed by atoms with E-state index in [0.29, 0.717) is 27.7 Å². The third-order valence-electron chi connectivity index (χ3n) is 4.96. The van der Waals surface area contributed by atoms with E-state index >= 15 is 0 Å². The van der Waals surface area contributed by atoms with Crippen molar-refractivity contribution in [1.29, 1.82) is 0 Å². The fourth-order valence-electron chi connectivity index (χ4n) is 3.30. The summed E-state index contributed by atoms with van der Waals surface area (Å²) in [6, 6.07) is 15.3. The molecule has 0 saturated carbocycles. The fourth-order valence-corrected chi connectivity index (χ4v) is 5.65. The van der Waals surface area contributed by atoms with E-state index in [1.165, 1.54) is 18.4 Å². The maximum Gasteiger partial charge on any atom is 0.279 e. The highest BCUT2D eigenvalue weighted by molar-refractivity contribution is 7.92. The third kappa shape index (κ3) is 4.52. The number of hydrazone groups is 1. The van der Waals surface area contributed by atoms with Crippen LogP contribution in [0.25, 0.3) is 0 Å². The van der Waals surface area contributed by atoms with Crippen molar-refractivity contribution in [3.63, 3.8) is 0 Å². The number of nitrogens with one attached hydrogen (secondary N) is 1. The van der Waals surface area contributed by atoms with E-state index in [-0.39, 0.29) is 17.1 Å². The van der Waals surface area contributed by atoms with Gasteiger partial charge >= 0.3 is 0 Å². The van der Waals surface area contributed by atoms with Crippen molar-refractivity contribution in [3.8, 4) is 0 Å². The summed E-state index contributed by atoms with van der Waals surface area (Å²) < 4.78 is 59.3. The summed E-state index contributed by atoms with van der Waals surface area (Å²) in [4.78, 5) is 0.0240. The van der Waals surface area contributed by atoms with Gasteiger partial charge in [0.15, 0.2) is 0 Å². The number of rotatable bonds is 7. The van der Waals surface area contributed by atoms with Gasteiger partial charge in [0.25, 0.3) is 10.0 Å². The number of hydrogen-bond acceptors (Lipinski definition) is 6. The predicted molar refractivity (Wildman–Crippen MR) is 123 cm³/mol. The Morgan fingerprint density at radius 1 is 1.09 bits per heavy atom. The van der Waals surface area contributed by atoms with E-state index in [1.807, 2.05) is 0 Å². The fraction of sp³-hybridized carbons (Fsp3) is 0.190. The highest BCUT2D eigenvalue weighted by Crippen LogP contribution is 2.37. The number of nitrogens with zero attached hydrogens (tertiary/aromatic N) is 2. The van der Waals surface area contributed by atoms with E-state index in [2.05, 4.69) is 9.82 Å². The summed E-state index contributed by atoms with van der Waals surface area (Å²) in [5.74, 6) is 0.421. The SMILES string of the molecule is CCS(=O)(=O)Nc1ccc(C2=NN(S(=O)(=O)c3cccc(Cl)c3)[C@@H](c3ccco3)C2)cc1. The average molecular weight is 494 g/mol. The van der Waals surface area contributed by atoms with Gasteiger partial charge in [0.1, 0.15) is 11.8 Å². The van der Waals surface area contributed by atoms with Gasteiger partial charge in [-0.05, 0) is 55.0 Å². The first kappa shape index (κ1) is 22.4. The summed E-state index contributed by atoms with van der Waals surface area (Å²) in [5, 5.41) is 4.71. The van der Waals surface area contributed by atoms with Gasteiger partial charge in [-0.2, -0.15) is 17.9 Å². The lowest BCUT2D eigenvalue weighted by Crippen LogP contribution is -2.27. The molecule has 2 aromatic carbocycles. The molecule has 0 bridgehead atoms. The van der Waals surface area contributed by atoms with Crippen LogP contribution in [0.15, 0.2) is 81.3 Å². The number of hydrogen-bond donors (Lipinski definition) is 1. The Morgan fingerprint density at radius 2 is 1.84 bits per heavy atom. The molecule has 1 atom stereocenters. The zero-order valence-corrected chi connectivity index (χ0v) is 19.4. The molecule has 0 aliphatic carbocycles. The van der Waals surface area contributed by atoms with E-state index in [0.717, 1.165) is 4.41 Å². The lowest BCUT2D eigenvalue weighted by atomic mass is 10.0. The van der Waals surface area contributed by atoms with Crippen molar-refractivity contribution < 1.29 is 21.3 Å². The van der Waals surface area contributed by atoms with Crippen LogP contribution in [-0.2, 0) is 20.0 Å². The molecule has 0 unspecified atom stereocenters. The van der Waals surface area contributed by atoms with Gasteiger partial charge in [-0.15, -0.1) is 0 Å². The molecule has 0 saturated heterocycles. The van der Waals surface area contributed by atoms with E-state index in [4.69, 9.17) is 16.0 Å². The molecule has 4 rings (SSSR count). The first-order chi connectivity index (χ1) is 15.2. The Balaban J connectivity index is 1.70. The minimum atomic E-state index is -4.00. The number of furan rings is 1. The van der Waals surface area contributed by atoms with Gasteiger partial charge in [-0.25, -0.2) is 8.42 Å². The zero-order valence-electron chi connectivity index (χ0n) is 17.0. The normalized spacial score (nSPS) is 16.8. The molecular weight excluding hydrogens is 474 g/mol. The van der Waals surface area contributed by atoms with Crippen LogP contribution in [0.4, 0.5) is 5.69 Å². The van der Waals surface area contributed by atoms with Crippen molar-refractivity contribution in [3.05, 3.63) is 83.3 Å². The van der Waals surface area contributed by atoms with Crippen molar-refractivity contribution in [2.45, 2.75) is 24.3 Å². The van der Waals surface area contributed by atoms with E-state index in [1.54, 1.807) is 55.5 Å². The van der Waals surface area contributed by atoms with Crippen LogP contribution >= 0.6 is 11.6 Å². The number of halogens is 1. The topological polar surface area (TPSA) is 109 Å². The zero-order chi connectivity index (χ0) is 22.9. The summed E-state index contributed by atoms with van der Waals surface area (Å²) in [7, 11) is -7.40. The van der Waals surface area contributed by atoms with Crippen LogP contribution in [-0.4, -0.2) is 32.7 Å². The molecule has 2 heterocycles. The van der Waals surface area contributed by atoms with Crippen LogP contribution in [0.5, 0.6) is 0 Å². The van der Waals surface area contributed by atoms with Gasteiger partial charge < -0.3 is 4.42 Å². The minimum absolute atomic E-state index is 0.0240. The molecule has 32 heavy (non-hydrogen) atoms. The lowest BCUT2D eigenvalue weighted by molar-refractivity contribution is 0.320. The third-order valence-corrected chi connectivity index (χ3v) is 8.18. The molecule has 0 fully saturated rings. The molecule has 168 valence electrons. The standard InChI is InChI=1S/C21H20ClN3O5S2/c1-2-31(26,27)24-17-10-8-15(9-11-17)19-14-20(21-7-4-12-30-21)25(23-19)32(28,29)18-6-3-5-16(22)13-18/h3-13,20,24H,2,14H2,1H3/t20-/m1/s1. The van der Waals surface area contributed by atoms with Crippen molar-refractivity contribution >= 4 is 43.0 Å². The highest BCUT2D eigenvalue weighted by Gasteiger charge is 2.39. The quantitative estimate of drug-likeness (QED) is 0.529. The van der Waals surface area contributed by atoms with Gasteiger partial charge in [-0.3, -0.25) is 4.72 Å². The molecule has 0 spiro atoms. The molecule has 1 aromatic heterocycles. The number of benzene rings is 2. The lowest BCUT2D eigenvalue weighted by Gasteiger charge is -2.21. The van der Waals surface area contributed by atoms with Crippen LogP contribution in [0.1, 0.15) is 30.7 Å². The monoisotopic (exact) mass is 493 g/mol.